The van der Waals surface area contributed by atoms with Gasteiger partial charge in [-0.1, -0.05) is 51.0 Å². The molecule has 0 unspecified atom stereocenters. The van der Waals surface area contributed by atoms with Crippen LogP contribution in [0.5, 0.6) is 0 Å². The topological polar surface area (TPSA) is 63.3 Å². The average Bonchev–Trinajstić information content (AvgIpc) is 2.38. The summed E-state index contributed by atoms with van der Waals surface area (Å²) in [6, 6.07) is 8.42. The molecular formula is C17H27NO2. The van der Waals surface area contributed by atoms with E-state index in [2.05, 4.69) is 38.1 Å². The van der Waals surface area contributed by atoms with Crippen molar-refractivity contribution in [3.8, 4) is 0 Å². The van der Waals surface area contributed by atoms with Gasteiger partial charge in [0, 0.05) is 0 Å². The second kappa shape index (κ2) is 8.75. The zero-order valence-electron chi connectivity index (χ0n) is 12.6. The van der Waals surface area contributed by atoms with E-state index in [0.29, 0.717) is 12.3 Å². The second-order valence-electron chi connectivity index (χ2n) is 5.54. The predicted octanol–water partition coefficient (Wildman–Crippen LogP) is 3.15. The molecule has 0 radical (unpaired) electrons. The summed E-state index contributed by atoms with van der Waals surface area (Å²) in [5.74, 6) is 0.176. The number of nitrogens with two attached hydrogens (primary N) is 1. The SMILES string of the molecule is CCCC(CCC)c1ccc(C[C@@H](O)CC(N)=O)cc1. The van der Waals surface area contributed by atoms with Gasteiger partial charge in [0.15, 0.2) is 0 Å². The Bertz CT molecular complexity index is 394. The van der Waals surface area contributed by atoms with E-state index in [4.69, 9.17) is 5.73 Å². The Morgan fingerprint density at radius 1 is 1.15 bits per heavy atom. The standard InChI is InChI=1S/C17H27NO2/c1-3-5-14(6-4-2)15-9-7-13(8-10-15)11-16(19)12-17(18)20/h7-10,14,16,19H,3-6,11-12H2,1-2H3,(H2,18,20)/t16-/m1/s1. The van der Waals surface area contributed by atoms with Crippen LogP contribution >= 0.6 is 0 Å². The van der Waals surface area contributed by atoms with Crippen molar-refractivity contribution in [2.75, 3.05) is 0 Å². The van der Waals surface area contributed by atoms with Gasteiger partial charge in [0.1, 0.15) is 0 Å². The number of primary amides is 1. The Labute approximate surface area is 122 Å². The van der Waals surface area contributed by atoms with E-state index in [9.17, 15) is 9.90 Å². The van der Waals surface area contributed by atoms with Crippen molar-refractivity contribution in [3.05, 3.63) is 35.4 Å². The maximum absolute atomic E-state index is 10.7. The zero-order chi connectivity index (χ0) is 15.0. The monoisotopic (exact) mass is 277 g/mol. The van der Waals surface area contributed by atoms with Crippen molar-refractivity contribution in [3.63, 3.8) is 0 Å². The molecule has 0 spiro atoms. The largest absolute Gasteiger partial charge is 0.392 e. The number of carbonyl (C=O) groups is 1. The van der Waals surface area contributed by atoms with Gasteiger partial charge < -0.3 is 10.8 Å². The van der Waals surface area contributed by atoms with Gasteiger partial charge in [-0.25, -0.2) is 0 Å². The molecule has 1 amide bonds. The summed E-state index contributed by atoms with van der Waals surface area (Å²) < 4.78 is 0. The van der Waals surface area contributed by atoms with Gasteiger partial charge in [-0.05, 0) is 36.3 Å². The summed E-state index contributed by atoms with van der Waals surface area (Å²) in [7, 11) is 0. The molecule has 0 saturated carbocycles. The van der Waals surface area contributed by atoms with Crippen LogP contribution in [0.3, 0.4) is 0 Å². The summed E-state index contributed by atoms with van der Waals surface area (Å²) >= 11 is 0. The van der Waals surface area contributed by atoms with Crippen LogP contribution in [-0.2, 0) is 11.2 Å². The molecule has 3 heteroatoms. The van der Waals surface area contributed by atoms with Crippen LogP contribution < -0.4 is 5.73 Å². The maximum atomic E-state index is 10.7. The lowest BCUT2D eigenvalue weighted by Gasteiger charge is -2.16. The van der Waals surface area contributed by atoms with Crippen molar-refractivity contribution in [2.24, 2.45) is 5.73 Å². The highest BCUT2D eigenvalue weighted by atomic mass is 16.3. The van der Waals surface area contributed by atoms with Crippen LogP contribution in [0, 0.1) is 0 Å². The van der Waals surface area contributed by atoms with E-state index in [-0.39, 0.29) is 6.42 Å². The van der Waals surface area contributed by atoms with Crippen LogP contribution in [0.4, 0.5) is 0 Å². The number of aliphatic hydroxyl groups is 1. The first-order valence-corrected chi connectivity index (χ1v) is 7.62. The summed E-state index contributed by atoms with van der Waals surface area (Å²) in [4.78, 5) is 10.7. The molecule has 1 atom stereocenters. The summed E-state index contributed by atoms with van der Waals surface area (Å²) in [5.41, 5.74) is 7.51. The minimum Gasteiger partial charge on any atom is -0.392 e. The van der Waals surface area contributed by atoms with Gasteiger partial charge in [-0.3, -0.25) is 4.79 Å². The smallest absolute Gasteiger partial charge is 0.220 e. The number of carbonyl (C=O) groups excluding carboxylic acids is 1. The molecular weight excluding hydrogens is 250 g/mol. The molecule has 0 aliphatic carbocycles. The third-order valence-corrected chi connectivity index (χ3v) is 3.63. The van der Waals surface area contributed by atoms with Crippen molar-refractivity contribution >= 4 is 5.91 Å². The number of amides is 1. The summed E-state index contributed by atoms with van der Waals surface area (Å²) in [5, 5.41) is 9.72. The van der Waals surface area contributed by atoms with Crippen molar-refractivity contribution in [2.45, 2.75) is 64.4 Å². The Hall–Kier alpha value is -1.35. The minimum absolute atomic E-state index is 0.0239. The molecule has 1 aromatic carbocycles. The lowest BCUT2D eigenvalue weighted by molar-refractivity contribution is -0.119. The first-order chi connectivity index (χ1) is 9.56. The van der Waals surface area contributed by atoms with Crippen molar-refractivity contribution < 1.29 is 9.90 Å². The highest BCUT2D eigenvalue weighted by Gasteiger charge is 2.11. The van der Waals surface area contributed by atoms with Crippen molar-refractivity contribution in [1.82, 2.24) is 0 Å². The van der Waals surface area contributed by atoms with Crippen LogP contribution in [0.2, 0.25) is 0 Å². The van der Waals surface area contributed by atoms with Crippen LogP contribution in [-0.4, -0.2) is 17.1 Å². The van der Waals surface area contributed by atoms with Crippen LogP contribution in [0.1, 0.15) is 63.0 Å². The fourth-order valence-electron chi connectivity index (χ4n) is 2.68. The molecule has 1 rings (SSSR count). The molecule has 1 aromatic rings. The Balaban J connectivity index is 2.64. The van der Waals surface area contributed by atoms with Crippen LogP contribution in [0.15, 0.2) is 24.3 Å². The first-order valence-electron chi connectivity index (χ1n) is 7.62. The van der Waals surface area contributed by atoms with E-state index < -0.39 is 12.0 Å². The van der Waals surface area contributed by atoms with Gasteiger partial charge in [0.25, 0.3) is 0 Å². The normalized spacial score (nSPS) is 12.6. The van der Waals surface area contributed by atoms with Crippen LogP contribution in [0.25, 0.3) is 0 Å². The van der Waals surface area contributed by atoms with E-state index >= 15 is 0 Å². The third-order valence-electron chi connectivity index (χ3n) is 3.63. The highest BCUT2D eigenvalue weighted by molar-refractivity contribution is 5.74. The summed E-state index contributed by atoms with van der Waals surface area (Å²) in [6.45, 7) is 4.44. The number of hydrogen-bond acceptors (Lipinski definition) is 2. The zero-order valence-corrected chi connectivity index (χ0v) is 12.6. The van der Waals surface area contributed by atoms with Gasteiger partial charge in [-0.2, -0.15) is 0 Å². The highest BCUT2D eigenvalue weighted by Crippen LogP contribution is 2.26. The number of rotatable bonds is 9. The average molecular weight is 277 g/mol. The lowest BCUT2D eigenvalue weighted by atomic mass is 9.89. The van der Waals surface area contributed by atoms with E-state index in [0.717, 1.165) is 5.56 Å². The van der Waals surface area contributed by atoms with E-state index in [1.807, 2.05) is 0 Å². The molecule has 0 bridgehead atoms. The van der Waals surface area contributed by atoms with Crippen molar-refractivity contribution in [1.29, 1.82) is 0 Å². The van der Waals surface area contributed by atoms with Gasteiger partial charge in [0.05, 0.1) is 12.5 Å². The minimum atomic E-state index is -0.680. The number of aliphatic hydroxyl groups excluding tert-OH is 1. The molecule has 0 aromatic heterocycles. The predicted molar refractivity (Wildman–Crippen MR) is 82.5 cm³/mol. The number of hydrogen-bond donors (Lipinski definition) is 2. The maximum Gasteiger partial charge on any atom is 0.220 e. The Morgan fingerprint density at radius 3 is 2.15 bits per heavy atom. The Kier molecular flexibility index (Phi) is 7.31. The van der Waals surface area contributed by atoms with E-state index in [1.165, 1.54) is 31.2 Å². The molecule has 3 N–H and O–H groups in total. The molecule has 0 fully saturated rings. The fraction of sp³-hybridized carbons (Fsp3) is 0.588. The van der Waals surface area contributed by atoms with E-state index in [1.54, 1.807) is 0 Å². The van der Waals surface area contributed by atoms with Gasteiger partial charge in [-0.15, -0.1) is 0 Å². The third kappa shape index (κ3) is 5.74. The van der Waals surface area contributed by atoms with Gasteiger partial charge >= 0.3 is 0 Å². The molecule has 20 heavy (non-hydrogen) atoms. The lowest BCUT2D eigenvalue weighted by Crippen LogP contribution is -2.21. The Morgan fingerprint density at radius 2 is 1.70 bits per heavy atom. The molecule has 0 aliphatic heterocycles. The molecule has 0 aliphatic rings. The second-order valence-corrected chi connectivity index (χ2v) is 5.54. The molecule has 0 heterocycles. The molecule has 112 valence electrons. The molecule has 0 saturated heterocycles. The van der Waals surface area contributed by atoms with Gasteiger partial charge in [0.2, 0.25) is 5.91 Å². The molecule has 3 nitrogen and oxygen atoms in total. The summed E-state index contributed by atoms with van der Waals surface area (Å²) in [6.07, 6.45) is 4.66. The fourth-order valence-corrected chi connectivity index (χ4v) is 2.68. The quantitative estimate of drug-likeness (QED) is 0.728. The first kappa shape index (κ1) is 16.7. The number of benzene rings is 1.